The van der Waals surface area contributed by atoms with Gasteiger partial charge >= 0.3 is 0 Å². The van der Waals surface area contributed by atoms with Crippen LogP contribution in [-0.2, 0) is 11.3 Å². The SMILES string of the molecule is CC(NC(=O)/C(C#N)=C\NCc1ccccc1F)C12CC3CC(CC(C3)C1)C2. The molecule has 4 nitrogen and oxygen atoms in total. The van der Waals surface area contributed by atoms with Gasteiger partial charge in [-0.05, 0) is 74.7 Å². The summed E-state index contributed by atoms with van der Waals surface area (Å²) in [5.41, 5.74) is 0.734. The molecular formula is C23H28FN3O. The van der Waals surface area contributed by atoms with E-state index in [9.17, 15) is 14.4 Å². The van der Waals surface area contributed by atoms with Gasteiger partial charge in [-0.2, -0.15) is 5.26 Å². The van der Waals surface area contributed by atoms with E-state index in [1.807, 2.05) is 6.07 Å². The summed E-state index contributed by atoms with van der Waals surface area (Å²) in [6, 6.07) is 8.51. The van der Waals surface area contributed by atoms with Crippen LogP contribution >= 0.6 is 0 Å². The normalized spacial score (nSPS) is 31.9. The van der Waals surface area contributed by atoms with E-state index in [0.717, 1.165) is 17.8 Å². The molecule has 1 aromatic rings. The second-order valence-electron chi connectivity index (χ2n) is 9.12. The van der Waals surface area contributed by atoms with Crippen molar-refractivity contribution in [2.75, 3.05) is 0 Å². The first kappa shape index (κ1) is 19.0. The minimum Gasteiger partial charge on any atom is -0.385 e. The van der Waals surface area contributed by atoms with Crippen molar-refractivity contribution in [2.45, 2.75) is 58.0 Å². The van der Waals surface area contributed by atoms with Crippen LogP contribution in [0.25, 0.3) is 0 Å². The minimum absolute atomic E-state index is 0.0351. The molecule has 0 aliphatic heterocycles. The van der Waals surface area contributed by atoms with Crippen LogP contribution < -0.4 is 10.6 Å². The lowest BCUT2D eigenvalue weighted by atomic mass is 9.48. The lowest BCUT2D eigenvalue weighted by Crippen LogP contribution is -2.56. The first-order valence-electron chi connectivity index (χ1n) is 10.4. The second kappa shape index (κ2) is 7.58. The number of halogens is 1. The standard InChI is InChI=1S/C23H28FN3O/c1-15(23-9-16-6-17(10-23)8-18(7-16)11-23)27-22(28)20(12-25)14-26-13-19-4-2-3-5-21(19)24/h2-5,14-18,26H,6-11,13H2,1H3,(H,27,28)/b20-14-. The first-order valence-corrected chi connectivity index (χ1v) is 10.4. The van der Waals surface area contributed by atoms with Gasteiger partial charge in [0.2, 0.25) is 0 Å². The zero-order valence-corrected chi connectivity index (χ0v) is 16.4. The maximum absolute atomic E-state index is 13.7. The maximum Gasteiger partial charge on any atom is 0.263 e. The molecule has 5 heteroatoms. The predicted molar refractivity (Wildman–Crippen MR) is 105 cm³/mol. The van der Waals surface area contributed by atoms with Crippen LogP contribution in [0.4, 0.5) is 4.39 Å². The Morgan fingerprint density at radius 2 is 1.86 bits per heavy atom. The molecule has 4 aliphatic carbocycles. The molecule has 4 saturated carbocycles. The molecule has 0 saturated heterocycles. The third kappa shape index (κ3) is 3.65. The zero-order valence-electron chi connectivity index (χ0n) is 16.4. The molecule has 148 valence electrons. The van der Waals surface area contributed by atoms with E-state index >= 15 is 0 Å². The van der Waals surface area contributed by atoms with Crippen molar-refractivity contribution in [3.05, 3.63) is 47.4 Å². The Kier molecular flexibility index (Phi) is 5.14. The van der Waals surface area contributed by atoms with E-state index in [-0.39, 0.29) is 35.3 Å². The molecule has 4 aliphatic rings. The summed E-state index contributed by atoms with van der Waals surface area (Å²) in [7, 11) is 0. The van der Waals surface area contributed by atoms with Gasteiger partial charge in [0, 0.05) is 24.4 Å². The second-order valence-corrected chi connectivity index (χ2v) is 9.12. The highest BCUT2D eigenvalue weighted by Gasteiger charge is 2.53. The third-order valence-electron chi connectivity index (χ3n) is 7.21. The summed E-state index contributed by atoms with van der Waals surface area (Å²) in [4.78, 5) is 12.7. The number of nitrogens with one attached hydrogen (secondary N) is 2. The highest BCUT2D eigenvalue weighted by atomic mass is 19.1. The largest absolute Gasteiger partial charge is 0.385 e. The van der Waals surface area contributed by atoms with Crippen molar-refractivity contribution in [3.63, 3.8) is 0 Å². The maximum atomic E-state index is 13.7. The smallest absolute Gasteiger partial charge is 0.263 e. The van der Waals surface area contributed by atoms with Gasteiger partial charge in [0.05, 0.1) is 0 Å². The molecule has 1 aromatic carbocycles. The van der Waals surface area contributed by atoms with Gasteiger partial charge < -0.3 is 10.6 Å². The molecule has 1 amide bonds. The Labute approximate surface area is 166 Å². The topological polar surface area (TPSA) is 64.9 Å². The Hall–Kier alpha value is -2.35. The molecular weight excluding hydrogens is 353 g/mol. The molecule has 0 radical (unpaired) electrons. The van der Waals surface area contributed by atoms with Gasteiger partial charge in [0.25, 0.3) is 5.91 Å². The van der Waals surface area contributed by atoms with Crippen molar-refractivity contribution >= 4 is 5.91 Å². The van der Waals surface area contributed by atoms with Gasteiger partial charge in [0.15, 0.2) is 0 Å². The number of hydrogen-bond acceptors (Lipinski definition) is 3. The van der Waals surface area contributed by atoms with Crippen LogP contribution in [0, 0.1) is 40.3 Å². The number of hydrogen-bond donors (Lipinski definition) is 2. The van der Waals surface area contributed by atoms with Crippen LogP contribution in [0.3, 0.4) is 0 Å². The summed E-state index contributed by atoms with van der Waals surface area (Å²) in [5.74, 6) is 1.81. The summed E-state index contributed by atoms with van der Waals surface area (Å²) in [6.07, 6.45) is 9.11. The lowest BCUT2D eigenvalue weighted by molar-refractivity contribution is -0.122. The molecule has 1 atom stereocenters. The van der Waals surface area contributed by atoms with Crippen LogP contribution in [0.5, 0.6) is 0 Å². The van der Waals surface area contributed by atoms with E-state index < -0.39 is 0 Å². The summed E-state index contributed by atoms with van der Waals surface area (Å²) in [5, 5.41) is 15.4. The van der Waals surface area contributed by atoms with Gasteiger partial charge in [0.1, 0.15) is 17.5 Å². The average molecular weight is 381 g/mol. The fourth-order valence-electron chi connectivity index (χ4n) is 6.19. The van der Waals surface area contributed by atoms with Crippen molar-refractivity contribution in [2.24, 2.45) is 23.2 Å². The number of benzene rings is 1. The van der Waals surface area contributed by atoms with E-state index in [4.69, 9.17) is 0 Å². The summed E-state index contributed by atoms with van der Waals surface area (Å²) < 4.78 is 13.7. The van der Waals surface area contributed by atoms with E-state index in [1.165, 1.54) is 50.8 Å². The van der Waals surface area contributed by atoms with Crippen molar-refractivity contribution < 1.29 is 9.18 Å². The van der Waals surface area contributed by atoms with Crippen LogP contribution in [0.15, 0.2) is 36.0 Å². The van der Waals surface area contributed by atoms with Crippen LogP contribution in [0.2, 0.25) is 0 Å². The van der Waals surface area contributed by atoms with Crippen molar-refractivity contribution in [1.82, 2.24) is 10.6 Å². The number of carbonyl (C=O) groups is 1. The molecule has 4 bridgehead atoms. The molecule has 4 fully saturated rings. The number of carbonyl (C=O) groups excluding carboxylic acids is 1. The minimum atomic E-state index is -0.341. The molecule has 2 N–H and O–H groups in total. The highest BCUT2D eigenvalue weighted by molar-refractivity contribution is 5.97. The Morgan fingerprint density at radius 3 is 2.43 bits per heavy atom. The Balaban J connectivity index is 1.38. The molecule has 0 aromatic heterocycles. The summed E-state index contributed by atoms with van der Waals surface area (Å²) in [6.45, 7) is 2.34. The molecule has 0 spiro atoms. The van der Waals surface area contributed by atoms with Gasteiger partial charge in [-0.15, -0.1) is 0 Å². The van der Waals surface area contributed by atoms with Gasteiger partial charge in [-0.1, -0.05) is 18.2 Å². The number of amides is 1. The molecule has 0 heterocycles. The quantitative estimate of drug-likeness (QED) is 0.577. The van der Waals surface area contributed by atoms with Crippen LogP contribution in [-0.4, -0.2) is 11.9 Å². The monoisotopic (exact) mass is 381 g/mol. The van der Waals surface area contributed by atoms with E-state index in [2.05, 4.69) is 17.6 Å². The number of rotatable bonds is 6. The van der Waals surface area contributed by atoms with Crippen LogP contribution in [0.1, 0.15) is 51.0 Å². The Morgan fingerprint density at radius 1 is 1.25 bits per heavy atom. The first-order chi connectivity index (χ1) is 13.5. The summed E-state index contributed by atoms with van der Waals surface area (Å²) >= 11 is 0. The zero-order chi connectivity index (χ0) is 19.7. The van der Waals surface area contributed by atoms with Crippen molar-refractivity contribution in [1.29, 1.82) is 5.26 Å². The Bertz CT molecular complexity index is 790. The van der Waals surface area contributed by atoms with Crippen molar-refractivity contribution in [3.8, 4) is 6.07 Å². The lowest BCUT2D eigenvalue weighted by Gasteiger charge is -2.59. The highest BCUT2D eigenvalue weighted by Crippen LogP contribution is 2.61. The van der Waals surface area contributed by atoms with E-state index in [0.29, 0.717) is 5.56 Å². The fourth-order valence-corrected chi connectivity index (χ4v) is 6.19. The molecule has 1 unspecified atom stereocenters. The van der Waals surface area contributed by atoms with Gasteiger partial charge in [-0.25, -0.2) is 4.39 Å². The predicted octanol–water partition coefficient (Wildman–Crippen LogP) is 4.04. The average Bonchev–Trinajstić information content (AvgIpc) is 2.65. The third-order valence-corrected chi connectivity index (χ3v) is 7.21. The number of nitriles is 1. The van der Waals surface area contributed by atoms with E-state index in [1.54, 1.807) is 18.2 Å². The molecule has 5 rings (SSSR count). The number of nitrogens with zero attached hydrogens (tertiary/aromatic N) is 1. The fraction of sp³-hybridized carbons (Fsp3) is 0.565. The molecule has 28 heavy (non-hydrogen) atoms. The van der Waals surface area contributed by atoms with Gasteiger partial charge in [-0.3, -0.25) is 4.79 Å².